The Balaban J connectivity index is 1.26. The molecule has 0 amide bonds. The van der Waals surface area contributed by atoms with Crippen LogP contribution in [0.1, 0.15) is 118 Å². The number of rotatable bonds is 17. The second kappa shape index (κ2) is 26.5. The van der Waals surface area contributed by atoms with Gasteiger partial charge >= 0.3 is 5.97 Å². The highest BCUT2D eigenvalue weighted by molar-refractivity contribution is 5.73. The van der Waals surface area contributed by atoms with Crippen molar-refractivity contribution in [2.75, 3.05) is 48.1 Å². The number of hydrogen-bond donors (Lipinski definition) is 4. The van der Waals surface area contributed by atoms with E-state index in [1.54, 1.807) is 67.1 Å². The molecule has 5 heterocycles. The average molecular weight is 1090 g/mol. The predicted molar refractivity (Wildman–Crippen MR) is 285 cm³/mol. The minimum Gasteiger partial charge on any atom is -0.459 e. The van der Waals surface area contributed by atoms with Crippen molar-refractivity contribution in [1.29, 1.82) is 0 Å². The molecule has 6 rings (SSSR count). The fraction of sp³-hybridized carbons (Fsp3) is 0.750. The van der Waals surface area contributed by atoms with Gasteiger partial charge in [-0.1, -0.05) is 61.5 Å². The maximum Gasteiger partial charge on any atom is 0.311 e. The number of aliphatic hydroxyl groups excluding tert-OH is 2. The lowest BCUT2D eigenvalue weighted by molar-refractivity contribution is -0.311. The zero-order valence-electron chi connectivity index (χ0n) is 47.6. The van der Waals surface area contributed by atoms with Crippen molar-refractivity contribution in [1.82, 2.24) is 29.8 Å². The Hall–Kier alpha value is -3.97. The number of alkyl halides is 1. The first-order valence-electron chi connectivity index (χ1n) is 27.2. The van der Waals surface area contributed by atoms with Gasteiger partial charge in [-0.15, -0.1) is 5.10 Å². The molecule has 0 bridgehead atoms. The summed E-state index contributed by atoms with van der Waals surface area (Å²) in [4.78, 5) is 34.8. The number of benzene rings is 1. The molecule has 3 aliphatic heterocycles. The van der Waals surface area contributed by atoms with Crippen molar-refractivity contribution in [3.05, 3.63) is 71.2 Å². The molecule has 3 aliphatic rings. The largest absolute Gasteiger partial charge is 0.459 e. The summed E-state index contributed by atoms with van der Waals surface area (Å²) in [6, 6.07) is 8.78. The number of nitrogens with zero attached hydrogens (tertiary/aromatic N) is 7. The van der Waals surface area contributed by atoms with Gasteiger partial charge in [-0.25, -0.2) is 9.07 Å². The third-order valence-electron chi connectivity index (χ3n) is 16.8. The fourth-order valence-electron chi connectivity index (χ4n) is 12.1. The normalized spacial score (nSPS) is 38.1. The minimum atomic E-state index is -1.87. The molecule has 0 radical (unpaired) electrons. The number of likely N-dealkylation sites (N-methyl/N-ethyl adjacent to an activating group) is 2. The Morgan fingerprint density at radius 2 is 1.69 bits per heavy atom. The lowest BCUT2D eigenvalue weighted by Crippen LogP contribution is -2.60. The summed E-state index contributed by atoms with van der Waals surface area (Å²) in [5.74, 6) is -2.95. The second-order valence-corrected chi connectivity index (χ2v) is 23.0. The number of aliphatic hydroxyl groups is 4. The van der Waals surface area contributed by atoms with E-state index in [0.29, 0.717) is 31.6 Å². The fourth-order valence-corrected chi connectivity index (χ4v) is 12.1. The Kier molecular flexibility index (Phi) is 21.4. The van der Waals surface area contributed by atoms with Gasteiger partial charge in [0.15, 0.2) is 12.6 Å². The molecule has 4 N–H and O–H groups in total. The zero-order valence-corrected chi connectivity index (χ0v) is 47.6. The van der Waals surface area contributed by atoms with Gasteiger partial charge in [-0.2, -0.15) is 4.91 Å². The molecule has 77 heavy (non-hydrogen) atoms. The summed E-state index contributed by atoms with van der Waals surface area (Å²) >= 11 is 0. The lowest BCUT2D eigenvalue weighted by atomic mass is 9.77. The number of methoxy groups -OCH3 is 2. The molecular formula is C56H88FN7O13. The van der Waals surface area contributed by atoms with E-state index in [1.807, 2.05) is 74.1 Å². The minimum absolute atomic E-state index is 0.0512. The molecule has 0 aliphatic carbocycles. The molecule has 3 fully saturated rings. The summed E-state index contributed by atoms with van der Waals surface area (Å²) < 4.78 is 60.7. The highest BCUT2D eigenvalue weighted by Crippen LogP contribution is 2.41. The number of nitroso groups, excluding NO2 is 1. The van der Waals surface area contributed by atoms with Gasteiger partial charge in [0.1, 0.15) is 48.8 Å². The summed E-state index contributed by atoms with van der Waals surface area (Å²) in [5.41, 5.74) is -1.34. The number of carbonyl (C=O) groups is 1. The van der Waals surface area contributed by atoms with E-state index in [2.05, 4.69) is 20.5 Å². The third-order valence-corrected chi connectivity index (χ3v) is 16.8. The van der Waals surface area contributed by atoms with Crippen LogP contribution in [0.25, 0.3) is 11.1 Å². The number of hydrogen-bond acceptors (Lipinski definition) is 19. The van der Waals surface area contributed by atoms with E-state index in [9.17, 15) is 34.5 Å². The van der Waals surface area contributed by atoms with Crippen LogP contribution >= 0.6 is 0 Å². The van der Waals surface area contributed by atoms with Crippen LogP contribution in [-0.4, -0.2) is 194 Å². The zero-order chi connectivity index (χ0) is 56.7. The second-order valence-electron chi connectivity index (χ2n) is 23.0. The van der Waals surface area contributed by atoms with Crippen LogP contribution in [0, 0.1) is 22.7 Å². The topological polar surface area (TPSA) is 242 Å². The quantitative estimate of drug-likeness (QED) is 0.0917. The monoisotopic (exact) mass is 1090 g/mol. The number of cyclic esters (lactones) is 1. The van der Waals surface area contributed by atoms with E-state index < -0.39 is 127 Å². The first-order valence-corrected chi connectivity index (χ1v) is 27.2. The molecule has 0 spiro atoms. The van der Waals surface area contributed by atoms with Crippen LogP contribution in [0.5, 0.6) is 0 Å². The van der Waals surface area contributed by atoms with Crippen molar-refractivity contribution in [3.8, 4) is 11.1 Å². The first-order chi connectivity index (χ1) is 36.3. The van der Waals surface area contributed by atoms with Crippen molar-refractivity contribution in [2.45, 2.75) is 204 Å². The number of carbonyl (C=O) groups excluding carboxylic acids is 1. The van der Waals surface area contributed by atoms with E-state index in [4.69, 9.17) is 33.2 Å². The molecule has 432 valence electrons. The van der Waals surface area contributed by atoms with Gasteiger partial charge in [-0.3, -0.25) is 9.78 Å². The number of aromatic nitrogens is 4. The van der Waals surface area contributed by atoms with Crippen molar-refractivity contribution >= 4 is 5.97 Å². The van der Waals surface area contributed by atoms with Crippen molar-refractivity contribution in [3.63, 3.8) is 0 Å². The molecule has 2 aromatic heterocycles. The Bertz CT molecular complexity index is 2320. The van der Waals surface area contributed by atoms with Crippen LogP contribution < -0.4 is 0 Å². The van der Waals surface area contributed by atoms with E-state index in [0.717, 1.165) is 16.7 Å². The predicted octanol–water partition coefficient (Wildman–Crippen LogP) is 5.84. The van der Waals surface area contributed by atoms with Crippen molar-refractivity contribution in [2.24, 2.45) is 22.9 Å². The number of pyridine rings is 1. The molecule has 0 saturated carbocycles. The molecule has 21 heteroatoms. The smallest absolute Gasteiger partial charge is 0.311 e. The van der Waals surface area contributed by atoms with Gasteiger partial charge in [0.2, 0.25) is 0 Å². The molecule has 20 atom stereocenters. The van der Waals surface area contributed by atoms with E-state index in [1.165, 1.54) is 25.8 Å². The highest BCUT2D eigenvalue weighted by atomic mass is 19.1. The van der Waals surface area contributed by atoms with Gasteiger partial charge < -0.3 is 63.4 Å². The summed E-state index contributed by atoms with van der Waals surface area (Å²) in [5, 5.41) is 60.9. The average Bonchev–Trinajstić information content (AvgIpc) is 3.89. The molecule has 20 nitrogen and oxygen atoms in total. The Morgan fingerprint density at radius 1 is 0.987 bits per heavy atom. The summed E-state index contributed by atoms with van der Waals surface area (Å²) in [7, 11) is 6.72. The maximum atomic E-state index is 14.9. The Morgan fingerprint density at radius 3 is 2.30 bits per heavy atom. The van der Waals surface area contributed by atoms with Gasteiger partial charge in [0.05, 0.1) is 47.2 Å². The molecule has 0 unspecified atom stereocenters. The van der Waals surface area contributed by atoms with Crippen LogP contribution in [0.2, 0.25) is 0 Å². The molecular weight excluding hydrogens is 998 g/mol. The van der Waals surface area contributed by atoms with Crippen LogP contribution in [-0.2, 0) is 44.4 Å². The van der Waals surface area contributed by atoms with Gasteiger partial charge in [0, 0.05) is 76.7 Å². The lowest BCUT2D eigenvalue weighted by Gasteiger charge is -2.48. The highest BCUT2D eigenvalue weighted by Gasteiger charge is 2.53. The third kappa shape index (κ3) is 14.3. The number of halogens is 1. The number of esters is 1. The SMILES string of the molecule is CC[C@H]1OC(=O)[C@H](C)[C@@H](O[C@H]2C[C@@](C)(OC)[C@@H](N=O)[C@H](C)O2)[C@H](C)[C@@H](O[C@@H]2O[C@H](C)C[C@H](N(C)CCc3cn([C@H](CF)[C@H](OC)c4ccc(-c5cccnc5)cc4)nn3)[C@H]2O)[C@](C)(O)C[C@@H](C)CN(C)[C@H](C)[C@@H](O)[C@]1(C)O. The van der Waals surface area contributed by atoms with Crippen LogP contribution in [0.4, 0.5) is 4.39 Å². The van der Waals surface area contributed by atoms with Crippen molar-refractivity contribution < 1.29 is 62.8 Å². The van der Waals surface area contributed by atoms with E-state index in [-0.39, 0.29) is 25.2 Å². The Labute approximate surface area is 454 Å². The molecule has 3 aromatic rings. The molecule has 1 aromatic carbocycles. The number of ether oxygens (including phenoxy) is 7. The molecule has 3 saturated heterocycles. The maximum absolute atomic E-state index is 14.9. The van der Waals surface area contributed by atoms with Crippen LogP contribution in [0.15, 0.2) is 60.2 Å². The van der Waals surface area contributed by atoms with E-state index >= 15 is 0 Å². The summed E-state index contributed by atoms with van der Waals surface area (Å²) in [6.45, 7) is 17.4. The summed E-state index contributed by atoms with van der Waals surface area (Å²) in [6.07, 6.45) is -3.75. The van der Waals surface area contributed by atoms with Gasteiger partial charge in [-0.05, 0) is 110 Å². The van der Waals surface area contributed by atoms with Crippen LogP contribution in [0.3, 0.4) is 0 Å². The first kappa shape index (κ1) is 62.2. The standard InChI is InChI=1S/C56H88FN7O13/c1-15-44-56(10,69)50(66)36(6)63(12)30-32(2)26-54(8,68)51(34(4)47(35(5)52(67)75-44)76-45-27-55(9,72-14)49(60-70)37(7)74-45)77-53-46(65)42(25-33(3)73-53)62(11)24-22-41-31-64(61-59-41)43(28-57)48(71-13)39-20-18-38(19-21-39)40-17-16-23-58-29-40/h16-21,23,29,31-37,42-51,53,65-66,68-69H,15,22,24-28,30H2,1-14H3/t32-,33-,34+,35-,36-,37+,42+,43-,44-,45+,46-,47+,48-,49+,50-,51-,53+,54-,55-,56-/m1/s1. The van der Waals surface area contributed by atoms with Gasteiger partial charge in [0.25, 0.3) is 0 Å².